The molecular weight excluding hydrogens is 247 g/mol. The van der Waals surface area contributed by atoms with Crippen molar-refractivity contribution in [1.82, 2.24) is 9.59 Å². The highest BCUT2D eigenvalue weighted by molar-refractivity contribution is 7.03. The summed E-state index contributed by atoms with van der Waals surface area (Å²) in [4.78, 5) is 0. The van der Waals surface area contributed by atoms with Crippen LogP contribution in [0.25, 0.3) is 22.4 Å². The van der Waals surface area contributed by atoms with E-state index in [1.807, 2.05) is 29.6 Å². The Hall–Kier alpha value is -2.07. The summed E-state index contributed by atoms with van der Waals surface area (Å²) in [5.41, 5.74) is 3.97. The summed E-state index contributed by atoms with van der Waals surface area (Å²) >= 11 is 1.33. The highest BCUT2D eigenvalue weighted by atomic mass is 32.1. The van der Waals surface area contributed by atoms with Crippen LogP contribution in [-0.4, -0.2) is 9.59 Å². The van der Waals surface area contributed by atoms with E-state index in [0.29, 0.717) is 0 Å². The van der Waals surface area contributed by atoms with Gasteiger partial charge in [0.1, 0.15) is 11.5 Å². The Morgan fingerprint density at radius 3 is 1.89 bits per heavy atom. The summed E-state index contributed by atoms with van der Waals surface area (Å²) < 4.78 is 16.7. The van der Waals surface area contributed by atoms with Crippen LogP contribution < -0.4 is 0 Å². The van der Waals surface area contributed by atoms with Gasteiger partial charge < -0.3 is 0 Å². The molecule has 88 valence electrons. The van der Waals surface area contributed by atoms with Crippen LogP contribution in [0.5, 0.6) is 0 Å². The topological polar surface area (TPSA) is 25.8 Å². The highest BCUT2D eigenvalue weighted by Gasteiger charge is 2.02. The molecule has 1 aromatic heterocycles. The second-order valence-corrected chi connectivity index (χ2v) is 4.48. The molecule has 0 amide bonds. The van der Waals surface area contributed by atoms with Gasteiger partial charge in [0.15, 0.2) is 0 Å². The van der Waals surface area contributed by atoms with Crippen LogP contribution in [0.2, 0.25) is 0 Å². The third-order valence-corrected chi connectivity index (χ3v) is 3.22. The van der Waals surface area contributed by atoms with E-state index in [4.69, 9.17) is 0 Å². The molecule has 1 heterocycles. The molecule has 4 heteroatoms. The third kappa shape index (κ3) is 2.15. The summed E-state index contributed by atoms with van der Waals surface area (Å²) in [5, 5.41) is 5.93. The minimum Gasteiger partial charge on any atom is -0.207 e. The molecule has 0 spiro atoms. The highest BCUT2D eigenvalue weighted by Crippen LogP contribution is 2.24. The van der Waals surface area contributed by atoms with Crippen LogP contribution in [0.3, 0.4) is 0 Å². The number of hydrogen-bond donors (Lipinski definition) is 0. The van der Waals surface area contributed by atoms with Crippen molar-refractivity contribution >= 4 is 11.5 Å². The summed E-state index contributed by atoms with van der Waals surface area (Å²) in [5.74, 6) is -0.219. The molecule has 3 rings (SSSR count). The van der Waals surface area contributed by atoms with Crippen molar-refractivity contribution in [3.63, 3.8) is 0 Å². The number of hydrogen-bond acceptors (Lipinski definition) is 3. The molecule has 0 radical (unpaired) electrons. The van der Waals surface area contributed by atoms with E-state index in [2.05, 4.69) is 9.59 Å². The Bertz CT molecular complexity index is 631. The van der Waals surface area contributed by atoms with Gasteiger partial charge in [0.2, 0.25) is 0 Å². The molecule has 18 heavy (non-hydrogen) atoms. The van der Waals surface area contributed by atoms with Crippen molar-refractivity contribution in [2.45, 2.75) is 0 Å². The van der Waals surface area contributed by atoms with Crippen molar-refractivity contribution in [2.24, 2.45) is 0 Å². The van der Waals surface area contributed by atoms with E-state index in [0.717, 1.165) is 22.4 Å². The predicted octanol–water partition coefficient (Wildman–Crippen LogP) is 4.01. The van der Waals surface area contributed by atoms with Crippen molar-refractivity contribution in [2.75, 3.05) is 0 Å². The van der Waals surface area contributed by atoms with Crippen molar-refractivity contribution in [3.05, 3.63) is 59.7 Å². The van der Waals surface area contributed by atoms with Crippen molar-refractivity contribution in [3.8, 4) is 22.4 Å². The number of rotatable bonds is 2. The van der Waals surface area contributed by atoms with Gasteiger partial charge in [-0.2, -0.15) is 0 Å². The summed E-state index contributed by atoms with van der Waals surface area (Å²) in [7, 11) is 0. The maximum Gasteiger partial charge on any atom is 0.123 e. The lowest BCUT2D eigenvalue weighted by molar-refractivity contribution is 0.628. The van der Waals surface area contributed by atoms with Crippen LogP contribution in [0.15, 0.2) is 53.9 Å². The Morgan fingerprint density at radius 1 is 0.778 bits per heavy atom. The van der Waals surface area contributed by atoms with Gasteiger partial charge in [0, 0.05) is 10.9 Å². The molecule has 0 unspecified atom stereocenters. The van der Waals surface area contributed by atoms with Crippen LogP contribution in [0.1, 0.15) is 0 Å². The van der Waals surface area contributed by atoms with E-state index in [-0.39, 0.29) is 5.82 Å². The van der Waals surface area contributed by atoms with E-state index < -0.39 is 0 Å². The van der Waals surface area contributed by atoms with Crippen LogP contribution >= 0.6 is 11.5 Å². The van der Waals surface area contributed by atoms with Gasteiger partial charge in [0.25, 0.3) is 0 Å². The summed E-state index contributed by atoms with van der Waals surface area (Å²) in [6.45, 7) is 0. The number of aromatic nitrogens is 2. The number of halogens is 1. The van der Waals surface area contributed by atoms with Crippen molar-refractivity contribution in [1.29, 1.82) is 0 Å². The average Bonchev–Trinajstić information content (AvgIpc) is 2.94. The molecule has 0 aliphatic carbocycles. The number of benzene rings is 2. The molecule has 0 saturated heterocycles. The molecule has 2 aromatic carbocycles. The molecule has 0 aliphatic heterocycles. The van der Waals surface area contributed by atoms with Gasteiger partial charge in [-0.1, -0.05) is 40.9 Å². The zero-order chi connectivity index (χ0) is 12.4. The quantitative estimate of drug-likeness (QED) is 0.692. The van der Waals surface area contributed by atoms with Crippen LogP contribution in [0, 0.1) is 5.82 Å². The van der Waals surface area contributed by atoms with Gasteiger partial charge in [-0.05, 0) is 34.8 Å². The monoisotopic (exact) mass is 256 g/mol. The van der Waals surface area contributed by atoms with Gasteiger partial charge in [-0.25, -0.2) is 4.39 Å². The fourth-order valence-corrected chi connectivity index (χ4v) is 2.23. The van der Waals surface area contributed by atoms with Crippen LogP contribution in [-0.2, 0) is 0 Å². The predicted molar refractivity (Wildman–Crippen MR) is 70.7 cm³/mol. The van der Waals surface area contributed by atoms with Gasteiger partial charge in [-0.3, -0.25) is 0 Å². The largest absolute Gasteiger partial charge is 0.207 e. The SMILES string of the molecule is Fc1ccc(-c2ccc(-c3csnn3)cc2)cc1. The molecule has 0 atom stereocenters. The molecule has 0 fully saturated rings. The normalized spacial score (nSPS) is 10.5. The standard InChI is InChI=1S/C14H9FN2S/c15-13-7-5-11(6-8-13)10-1-3-12(4-2-10)14-9-18-17-16-14/h1-9H. The maximum absolute atomic E-state index is 12.8. The first-order valence-corrected chi connectivity index (χ1v) is 6.30. The van der Waals surface area contributed by atoms with E-state index in [9.17, 15) is 4.39 Å². The second-order valence-electron chi connectivity index (χ2n) is 3.87. The third-order valence-electron chi connectivity index (χ3n) is 2.72. The smallest absolute Gasteiger partial charge is 0.123 e. The summed E-state index contributed by atoms with van der Waals surface area (Å²) in [6, 6.07) is 14.5. The van der Waals surface area contributed by atoms with Gasteiger partial charge in [-0.15, -0.1) is 5.10 Å². The maximum atomic E-state index is 12.8. The average molecular weight is 256 g/mol. The van der Waals surface area contributed by atoms with Gasteiger partial charge in [0.05, 0.1) is 0 Å². The lowest BCUT2D eigenvalue weighted by Gasteiger charge is -2.02. The molecule has 0 N–H and O–H groups in total. The Balaban J connectivity index is 1.94. The zero-order valence-electron chi connectivity index (χ0n) is 9.38. The fourth-order valence-electron chi connectivity index (χ4n) is 1.77. The summed E-state index contributed by atoms with van der Waals surface area (Å²) in [6.07, 6.45) is 0. The minimum atomic E-state index is -0.219. The van der Waals surface area contributed by atoms with Crippen molar-refractivity contribution < 1.29 is 4.39 Å². The Morgan fingerprint density at radius 2 is 1.33 bits per heavy atom. The van der Waals surface area contributed by atoms with E-state index >= 15 is 0 Å². The van der Waals surface area contributed by atoms with Crippen LogP contribution in [0.4, 0.5) is 4.39 Å². The minimum absolute atomic E-state index is 0.219. The van der Waals surface area contributed by atoms with E-state index in [1.54, 1.807) is 12.1 Å². The van der Waals surface area contributed by atoms with Gasteiger partial charge >= 0.3 is 0 Å². The molecule has 2 nitrogen and oxygen atoms in total. The lowest BCUT2D eigenvalue weighted by atomic mass is 10.0. The first-order valence-electron chi connectivity index (χ1n) is 5.46. The Labute approximate surface area is 108 Å². The molecular formula is C14H9FN2S. The zero-order valence-corrected chi connectivity index (χ0v) is 10.2. The second kappa shape index (κ2) is 4.66. The number of nitrogens with zero attached hydrogens (tertiary/aromatic N) is 2. The Kier molecular flexibility index (Phi) is 2.86. The van der Waals surface area contributed by atoms with E-state index in [1.165, 1.54) is 23.7 Å². The fraction of sp³-hybridized carbons (Fsp3) is 0. The molecule has 0 bridgehead atoms. The molecule has 0 saturated carbocycles. The lowest BCUT2D eigenvalue weighted by Crippen LogP contribution is -1.81. The molecule has 3 aromatic rings. The molecule has 0 aliphatic rings. The first kappa shape index (κ1) is 11.0. The first-order chi connectivity index (χ1) is 8.83.